The number of alkyl halides is 1. The number of esters is 1. The monoisotopic (exact) mass is 308 g/mol. The Morgan fingerprint density at radius 1 is 1.43 bits per heavy atom. The number of carbonyl (C=O) groups is 1. The molecule has 5 fully saturated rings. The minimum absolute atomic E-state index is 0.00866. The maximum absolute atomic E-state index is 11.6. The van der Waals surface area contributed by atoms with E-state index in [1.807, 2.05) is 0 Å². The maximum Gasteiger partial charge on any atom is 0.309 e. The van der Waals surface area contributed by atoms with E-state index < -0.39 is 0 Å². The molecule has 2 aliphatic heterocycles. The maximum atomic E-state index is 11.6. The molecule has 4 heteroatoms. The van der Waals surface area contributed by atoms with Crippen molar-refractivity contribution in [2.75, 3.05) is 6.61 Å². The van der Waals surface area contributed by atoms with Crippen molar-refractivity contribution in [3.8, 4) is 0 Å². The van der Waals surface area contributed by atoms with Crippen LogP contribution in [0.4, 0.5) is 0 Å². The average molecular weight is 308 g/mol. The lowest BCUT2D eigenvalue weighted by Crippen LogP contribution is -2.64. The zero-order valence-electron chi connectivity index (χ0n) is 7.73. The zero-order chi connectivity index (χ0) is 9.87. The lowest BCUT2D eigenvalue weighted by atomic mass is 9.56. The summed E-state index contributed by atoms with van der Waals surface area (Å²) in [6.07, 6.45) is 2.36. The Balaban J connectivity index is 2.01. The highest BCUT2D eigenvalue weighted by atomic mass is 127. The average Bonchev–Trinajstić information content (AvgIpc) is 2.20. The van der Waals surface area contributed by atoms with Crippen molar-refractivity contribution < 1.29 is 14.6 Å². The van der Waals surface area contributed by atoms with E-state index in [1.165, 1.54) is 0 Å². The number of aliphatic hydroxyl groups excluding tert-OH is 1. The molecule has 2 heterocycles. The van der Waals surface area contributed by atoms with Crippen LogP contribution in [0, 0.1) is 23.7 Å². The molecule has 1 N–H and O–H groups in total. The fourth-order valence-corrected chi connectivity index (χ4v) is 5.06. The molecule has 2 saturated heterocycles. The minimum Gasteiger partial charge on any atom is -0.461 e. The highest BCUT2D eigenvalue weighted by molar-refractivity contribution is 14.1. The molecular weight excluding hydrogens is 295 g/mol. The third-order valence-electron chi connectivity index (χ3n) is 4.19. The molecule has 3 nitrogen and oxygen atoms in total. The molecule has 3 saturated carbocycles. The third-order valence-corrected chi connectivity index (χ3v) is 5.82. The summed E-state index contributed by atoms with van der Waals surface area (Å²) >= 11 is 2.42. The predicted octanol–water partition coefficient (Wildman–Crippen LogP) is 0.980. The first-order chi connectivity index (χ1) is 6.74. The fraction of sp³-hybridized carbons (Fsp3) is 0.900. The van der Waals surface area contributed by atoms with E-state index in [1.54, 1.807) is 0 Å². The smallest absolute Gasteiger partial charge is 0.309 e. The molecule has 0 unspecified atom stereocenters. The Kier molecular flexibility index (Phi) is 2.06. The highest BCUT2D eigenvalue weighted by Gasteiger charge is 2.61. The van der Waals surface area contributed by atoms with Gasteiger partial charge >= 0.3 is 5.97 Å². The van der Waals surface area contributed by atoms with Crippen molar-refractivity contribution in [2.24, 2.45) is 23.7 Å². The molecule has 6 atom stereocenters. The number of rotatable bonds is 1. The molecule has 14 heavy (non-hydrogen) atoms. The van der Waals surface area contributed by atoms with E-state index >= 15 is 0 Å². The summed E-state index contributed by atoms with van der Waals surface area (Å²) in [6.45, 7) is 0.154. The van der Waals surface area contributed by atoms with Crippen LogP contribution in [0.1, 0.15) is 12.8 Å². The van der Waals surface area contributed by atoms with E-state index in [2.05, 4.69) is 22.6 Å². The standard InChI is InChI=1S/C10H13IO3/c11-8-5-2-1-4-6(3-12)7(5)10(13)14-9(4)8/h4-9,12H,1-3H2/t4-,5-,6-,7-,8+,9+/m0/s1. The zero-order valence-corrected chi connectivity index (χ0v) is 9.88. The van der Waals surface area contributed by atoms with Crippen LogP contribution in [-0.2, 0) is 9.53 Å². The van der Waals surface area contributed by atoms with Gasteiger partial charge in [-0.1, -0.05) is 22.6 Å². The number of fused-ring (bicyclic) bond motifs is 2. The summed E-state index contributed by atoms with van der Waals surface area (Å²) in [5.74, 6) is 1.01. The Labute approximate surface area is 96.3 Å². The van der Waals surface area contributed by atoms with Crippen molar-refractivity contribution >= 4 is 28.6 Å². The van der Waals surface area contributed by atoms with Crippen LogP contribution in [0.15, 0.2) is 0 Å². The van der Waals surface area contributed by atoms with Crippen LogP contribution in [0.3, 0.4) is 0 Å². The van der Waals surface area contributed by atoms with Crippen LogP contribution in [-0.4, -0.2) is 27.7 Å². The van der Waals surface area contributed by atoms with E-state index in [4.69, 9.17) is 4.74 Å². The van der Waals surface area contributed by atoms with E-state index in [0.29, 0.717) is 15.8 Å². The summed E-state index contributed by atoms with van der Waals surface area (Å²) in [4.78, 5) is 11.6. The van der Waals surface area contributed by atoms with Crippen LogP contribution < -0.4 is 0 Å². The van der Waals surface area contributed by atoms with E-state index in [9.17, 15) is 9.90 Å². The molecule has 0 aromatic heterocycles. The first kappa shape index (κ1) is 9.39. The Morgan fingerprint density at radius 2 is 2.14 bits per heavy atom. The predicted molar refractivity (Wildman–Crippen MR) is 58.0 cm³/mol. The Bertz CT molecular complexity index is 275. The molecule has 3 aliphatic carbocycles. The van der Waals surface area contributed by atoms with Gasteiger partial charge in [-0.05, 0) is 18.8 Å². The van der Waals surface area contributed by atoms with Crippen LogP contribution in [0.5, 0.6) is 0 Å². The van der Waals surface area contributed by atoms with Crippen molar-refractivity contribution in [2.45, 2.75) is 22.9 Å². The number of hydrogen-bond acceptors (Lipinski definition) is 3. The summed E-state index contributed by atoms with van der Waals surface area (Å²) in [5, 5.41) is 9.33. The number of ether oxygens (including phenoxy) is 1. The molecule has 0 aromatic rings. The van der Waals surface area contributed by atoms with Gasteiger partial charge in [0, 0.05) is 18.4 Å². The molecular formula is C10H13IO3. The van der Waals surface area contributed by atoms with Gasteiger partial charge in [0.25, 0.3) is 0 Å². The molecule has 4 bridgehead atoms. The summed E-state index contributed by atoms with van der Waals surface area (Å²) in [5.41, 5.74) is 0. The van der Waals surface area contributed by atoms with Gasteiger partial charge in [0.05, 0.1) is 9.84 Å². The van der Waals surface area contributed by atoms with E-state index in [-0.39, 0.29) is 30.5 Å². The van der Waals surface area contributed by atoms with Crippen LogP contribution >= 0.6 is 22.6 Å². The second-order valence-electron chi connectivity index (χ2n) is 4.62. The first-order valence-electron chi connectivity index (χ1n) is 5.19. The topological polar surface area (TPSA) is 46.5 Å². The highest BCUT2D eigenvalue weighted by Crippen LogP contribution is 2.56. The van der Waals surface area contributed by atoms with Gasteiger partial charge in [-0.15, -0.1) is 0 Å². The van der Waals surface area contributed by atoms with Crippen molar-refractivity contribution in [1.82, 2.24) is 0 Å². The second kappa shape index (κ2) is 3.07. The molecule has 5 aliphatic rings. The molecule has 0 aromatic carbocycles. The minimum atomic E-state index is -0.0529. The molecule has 0 radical (unpaired) electrons. The van der Waals surface area contributed by atoms with Gasteiger partial charge in [-0.25, -0.2) is 0 Å². The number of aliphatic hydroxyl groups is 1. The lowest BCUT2D eigenvalue weighted by Gasteiger charge is -2.57. The summed E-state index contributed by atoms with van der Waals surface area (Å²) in [7, 11) is 0. The third kappa shape index (κ3) is 0.988. The number of carbonyl (C=O) groups excluding carboxylic acids is 1. The van der Waals surface area contributed by atoms with Gasteiger partial charge in [-0.2, -0.15) is 0 Å². The van der Waals surface area contributed by atoms with Gasteiger partial charge in [0.2, 0.25) is 0 Å². The fourth-order valence-electron chi connectivity index (χ4n) is 3.57. The normalized spacial score (nSPS) is 54.9. The van der Waals surface area contributed by atoms with Gasteiger partial charge in [0.1, 0.15) is 6.10 Å². The SMILES string of the molecule is O=C1O[C@H]2[C@H](I)[C@H]3CC[C@H]2[C@H](CO)[C@@H]13. The largest absolute Gasteiger partial charge is 0.461 e. The van der Waals surface area contributed by atoms with Gasteiger partial charge < -0.3 is 9.84 Å². The quantitative estimate of drug-likeness (QED) is 0.446. The van der Waals surface area contributed by atoms with Crippen LogP contribution in [0.2, 0.25) is 0 Å². The van der Waals surface area contributed by atoms with Crippen LogP contribution in [0.25, 0.3) is 0 Å². The van der Waals surface area contributed by atoms with Crippen molar-refractivity contribution in [3.63, 3.8) is 0 Å². The second-order valence-corrected chi connectivity index (χ2v) is 6.06. The lowest BCUT2D eigenvalue weighted by molar-refractivity contribution is -0.205. The van der Waals surface area contributed by atoms with Crippen molar-refractivity contribution in [1.29, 1.82) is 0 Å². The molecule has 5 rings (SSSR count). The molecule has 78 valence electrons. The van der Waals surface area contributed by atoms with Gasteiger partial charge in [0.15, 0.2) is 0 Å². The molecule has 0 amide bonds. The number of halogens is 1. The Morgan fingerprint density at radius 3 is 2.79 bits per heavy atom. The molecule has 0 spiro atoms. The van der Waals surface area contributed by atoms with Gasteiger partial charge in [-0.3, -0.25) is 4.79 Å². The summed E-state index contributed by atoms with van der Waals surface area (Å²) < 4.78 is 5.89. The van der Waals surface area contributed by atoms with Crippen molar-refractivity contribution in [3.05, 3.63) is 0 Å². The summed E-state index contributed by atoms with van der Waals surface area (Å²) in [6, 6.07) is 0. The Hall–Kier alpha value is 0.160. The first-order valence-corrected chi connectivity index (χ1v) is 6.44. The van der Waals surface area contributed by atoms with E-state index in [0.717, 1.165) is 12.8 Å². The number of hydrogen-bond donors (Lipinski definition) is 1.